The van der Waals surface area contributed by atoms with Crippen LogP contribution in [0.25, 0.3) is 0 Å². The fraction of sp³-hybridized carbons (Fsp3) is 0.500. The van der Waals surface area contributed by atoms with Gasteiger partial charge in [0, 0.05) is 17.3 Å². The normalized spacial score (nSPS) is 11.5. The molecule has 3 nitrogen and oxygen atoms in total. The number of carbonyl (C=O) groups is 1. The van der Waals surface area contributed by atoms with Crippen molar-refractivity contribution in [2.45, 2.75) is 18.2 Å². The summed E-state index contributed by atoms with van der Waals surface area (Å²) in [6, 6.07) is 0. The van der Waals surface area contributed by atoms with Gasteiger partial charge in [-0.15, -0.1) is 11.3 Å². The summed E-state index contributed by atoms with van der Waals surface area (Å²) in [5, 5.41) is 10.7. The predicted octanol–water partition coefficient (Wildman–Crippen LogP) is 2.35. The Morgan fingerprint density at radius 3 is 2.92 bits per heavy atom. The summed E-state index contributed by atoms with van der Waals surface area (Å²) < 4.78 is 0.925. The Hall–Kier alpha value is -0.550. The van der Waals surface area contributed by atoms with Crippen molar-refractivity contribution in [2.24, 2.45) is 5.41 Å². The van der Waals surface area contributed by atoms with Crippen LogP contribution in [0, 0.1) is 5.41 Å². The van der Waals surface area contributed by atoms with Crippen LogP contribution in [-0.2, 0) is 4.79 Å². The maximum Gasteiger partial charge on any atom is 0.309 e. The van der Waals surface area contributed by atoms with E-state index in [1.54, 1.807) is 20.0 Å². The molecule has 0 saturated carbocycles. The highest BCUT2D eigenvalue weighted by Gasteiger charge is 2.27. The molecule has 0 unspecified atom stereocenters. The molecule has 0 radical (unpaired) electrons. The van der Waals surface area contributed by atoms with E-state index in [2.05, 4.69) is 4.98 Å². The first-order valence-corrected chi connectivity index (χ1v) is 5.64. The van der Waals surface area contributed by atoms with E-state index in [1.807, 2.05) is 5.38 Å². The van der Waals surface area contributed by atoms with Gasteiger partial charge in [-0.25, -0.2) is 4.98 Å². The molecular weight excluding hydrogens is 206 g/mol. The van der Waals surface area contributed by atoms with Gasteiger partial charge in [0.1, 0.15) is 4.34 Å². The quantitative estimate of drug-likeness (QED) is 0.786. The molecule has 5 heteroatoms. The smallest absolute Gasteiger partial charge is 0.309 e. The second-order valence-corrected chi connectivity index (χ2v) is 5.39. The maximum atomic E-state index is 10.8. The van der Waals surface area contributed by atoms with Crippen LogP contribution in [0.5, 0.6) is 0 Å². The number of aromatic nitrogens is 1. The molecule has 0 saturated heterocycles. The number of aliphatic carboxylic acids is 1. The van der Waals surface area contributed by atoms with Gasteiger partial charge in [0.25, 0.3) is 0 Å². The summed E-state index contributed by atoms with van der Waals surface area (Å²) in [5.41, 5.74) is -0.684. The minimum absolute atomic E-state index is 0.551. The predicted molar refractivity (Wildman–Crippen MR) is 54.3 cm³/mol. The molecule has 1 aromatic rings. The molecule has 0 aliphatic heterocycles. The van der Waals surface area contributed by atoms with Gasteiger partial charge >= 0.3 is 5.97 Å². The van der Waals surface area contributed by atoms with Gasteiger partial charge < -0.3 is 5.11 Å². The van der Waals surface area contributed by atoms with Crippen molar-refractivity contribution in [2.75, 3.05) is 5.75 Å². The Labute approximate surface area is 85.2 Å². The molecule has 0 spiro atoms. The Morgan fingerprint density at radius 2 is 2.46 bits per heavy atom. The Morgan fingerprint density at radius 1 is 1.77 bits per heavy atom. The van der Waals surface area contributed by atoms with Crippen molar-refractivity contribution < 1.29 is 9.90 Å². The van der Waals surface area contributed by atoms with Gasteiger partial charge in [-0.3, -0.25) is 4.79 Å². The number of hydrogen-bond donors (Lipinski definition) is 1. The van der Waals surface area contributed by atoms with Crippen molar-refractivity contribution in [1.29, 1.82) is 0 Å². The van der Waals surface area contributed by atoms with Gasteiger partial charge in [-0.2, -0.15) is 0 Å². The summed E-state index contributed by atoms with van der Waals surface area (Å²) in [4.78, 5) is 14.8. The SMILES string of the molecule is CC(C)(CSc1nccs1)C(=O)O. The van der Waals surface area contributed by atoms with Crippen molar-refractivity contribution in [3.63, 3.8) is 0 Å². The number of thiazole rings is 1. The van der Waals surface area contributed by atoms with Gasteiger partial charge in [0.15, 0.2) is 0 Å². The fourth-order valence-corrected chi connectivity index (χ4v) is 2.30. The van der Waals surface area contributed by atoms with Crippen molar-refractivity contribution in [3.05, 3.63) is 11.6 Å². The molecule has 0 bridgehead atoms. The van der Waals surface area contributed by atoms with Crippen LogP contribution in [0.3, 0.4) is 0 Å². The third-order valence-corrected chi connectivity index (χ3v) is 3.97. The number of carboxylic acids is 1. The number of rotatable bonds is 4. The standard InChI is InChI=1S/C8H11NO2S2/c1-8(2,6(10)11)5-13-7-9-3-4-12-7/h3-4H,5H2,1-2H3,(H,10,11). The third-order valence-electron chi connectivity index (χ3n) is 1.55. The largest absolute Gasteiger partial charge is 0.481 e. The molecule has 1 aromatic heterocycles. The monoisotopic (exact) mass is 217 g/mol. The molecule has 1 rings (SSSR count). The van der Waals surface area contributed by atoms with Crippen LogP contribution >= 0.6 is 23.1 Å². The van der Waals surface area contributed by atoms with E-state index in [0.717, 1.165) is 4.34 Å². The van der Waals surface area contributed by atoms with Gasteiger partial charge in [-0.05, 0) is 13.8 Å². The molecule has 72 valence electrons. The van der Waals surface area contributed by atoms with Gasteiger partial charge in [-0.1, -0.05) is 11.8 Å². The first-order valence-electron chi connectivity index (χ1n) is 3.78. The highest BCUT2D eigenvalue weighted by molar-refractivity contribution is 8.01. The van der Waals surface area contributed by atoms with Crippen LogP contribution in [0.1, 0.15) is 13.8 Å². The molecule has 0 aliphatic rings. The van der Waals surface area contributed by atoms with Crippen molar-refractivity contribution in [3.8, 4) is 0 Å². The lowest BCUT2D eigenvalue weighted by molar-refractivity contribution is -0.145. The van der Waals surface area contributed by atoms with E-state index in [1.165, 1.54) is 23.1 Å². The van der Waals surface area contributed by atoms with Crippen LogP contribution in [-0.4, -0.2) is 21.8 Å². The lowest BCUT2D eigenvalue weighted by atomic mass is 9.97. The highest BCUT2D eigenvalue weighted by Crippen LogP contribution is 2.28. The maximum absolute atomic E-state index is 10.8. The van der Waals surface area contributed by atoms with E-state index in [-0.39, 0.29) is 0 Å². The molecule has 0 aromatic carbocycles. The van der Waals surface area contributed by atoms with E-state index < -0.39 is 11.4 Å². The third kappa shape index (κ3) is 3.00. The molecule has 1 heterocycles. The number of carboxylic acid groups (broad SMARTS) is 1. The molecule has 0 aliphatic carbocycles. The summed E-state index contributed by atoms with van der Waals surface area (Å²) in [6.07, 6.45) is 1.72. The lowest BCUT2D eigenvalue weighted by Gasteiger charge is -2.16. The van der Waals surface area contributed by atoms with Crippen molar-refractivity contribution >= 4 is 29.1 Å². The first kappa shape index (κ1) is 10.5. The summed E-state index contributed by atoms with van der Waals surface area (Å²) in [7, 11) is 0. The fourth-order valence-electron chi connectivity index (χ4n) is 0.586. The zero-order valence-electron chi connectivity index (χ0n) is 7.48. The zero-order valence-corrected chi connectivity index (χ0v) is 9.11. The first-order chi connectivity index (χ1) is 6.02. The topological polar surface area (TPSA) is 50.2 Å². The van der Waals surface area contributed by atoms with E-state index in [0.29, 0.717) is 5.75 Å². The van der Waals surface area contributed by atoms with Crippen LogP contribution in [0.4, 0.5) is 0 Å². The molecule has 0 atom stereocenters. The molecule has 0 amide bonds. The number of hydrogen-bond acceptors (Lipinski definition) is 4. The molecule has 1 N–H and O–H groups in total. The average Bonchev–Trinajstić information content (AvgIpc) is 2.52. The van der Waals surface area contributed by atoms with Crippen LogP contribution in [0.15, 0.2) is 15.9 Å². The molecular formula is C8H11NO2S2. The van der Waals surface area contributed by atoms with E-state index in [4.69, 9.17) is 5.11 Å². The Kier molecular flexibility index (Phi) is 3.33. The van der Waals surface area contributed by atoms with E-state index in [9.17, 15) is 4.79 Å². The second kappa shape index (κ2) is 4.11. The zero-order chi connectivity index (χ0) is 9.90. The second-order valence-electron chi connectivity index (χ2n) is 3.28. The highest BCUT2D eigenvalue weighted by atomic mass is 32.2. The van der Waals surface area contributed by atoms with Gasteiger partial charge in [0.05, 0.1) is 5.41 Å². The van der Waals surface area contributed by atoms with Crippen LogP contribution in [0.2, 0.25) is 0 Å². The summed E-state index contributed by atoms with van der Waals surface area (Å²) in [6.45, 7) is 3.44. The number of thioether (sulfide) groups is 1. The summed E-state index contributed by atoms with van der Waals surface area (Å²) >= 11 is 3.02. The molecule has 13 heavy (non-hydrogen) atoms. The minimum atomic E-state index is -0.767. The van der Waals surface area contributed by atoms with Crippen molar-refractivity contribution in [1.82, 2.24) is 4.98 Å². The summed E-state index contributed by atoms with van der Waals surface area (Å²) in [5.74, 6) is -0.216. The van der Waals surface area contributed by atoms with Crippen LogP contribution < -0.4 is 0 Å². The lowest BCUT2D eigenvalue weighted by Crippen LogP contribution is -2.26. The minimum Gasteiger partial charge on any atom is -0.481 e. The van der Waals surface area contributed by atoms with E-state index >= 15 is 0 Å². The Balaban J connectivity index is 2.47. The average molecular weight is 217 g/mol. The molecule has 0 fully saturated rings. The Bertz CT molecular complexity index is 282. The number of nitrogens with zero attached hydrogens (tertiary/aromatic N) is 1. The van der Waals surface area contributed by atoms with Gasteiger partial charge in [0.2, 0.25) is 0 Å².